The monoisotopic (exact) mass is 1760 g/mol. The summed E-state index contributed by atoms with van der Waals surface area (Å²) < 4.78 is 110. The van der Waals surface area contributed by atoms with Gasteiger partial charge < -0.3 is 105 Å². The Morgan fingerprint density at radius 3 is 0.962 bits per heavy atom. The highest BCUT2D eigenvalue weighted by molar-refractivity contribution is 5.79. The molecular weight excluding hydrogens is 1660 g/mol. The number of benzene rings is 10. The predicted octanol–water partition coefficient (Wildman–Crippen LogP) is 15.0. The van der Waals surface area contributed by atoms with Crippen LogP contribution in [0.3, 0.4) is 0 Å². The lowest BCUT2D eigenvalue weighted by Crippen LogP contribution is -2.45. The van der Waals surface area contributed by atoms with Gasteiger partial charge in [-0.3, -0.25) is 29.3 Å². The van der Waals surface area contributed by atoms with Crippen molar-refractivity contribution in [3.8, 4) is 166 Å². The van der Waals surface area contributed by atoms with E-state index in [0.29, 0.717) is 81.3 Å². The second-order valence-electron chi connectivity index (χ2n) is 33.5. The maximum atomic E-state index is 9.66. The van der Waals surface area contributed by atoms with E-state index in [9.17, 15) is 5.26 Å². The number of rotatable bonds is 19. The number of piperazine rings is 2. The van der Waals surface area contributed by atoms with Gasteiger partial charge in [0.25, 0.3) is 0 Å². The largest absolute Gasteiger partial charge is 0.454 e. The summed E-state index contributed by atoms with van der Waals surface area (Å²) in [4.78, 5) is 19.5. The van der Waals surface area contributed by atoms with Crippen molar-refractivity contribution >= 4 is 0 Å². The number of nitriles is 1. The van der Waals surface area contributed by atoms with Crippen LogP contribution < -0.4 is 94.7 Å². The average Bonchev–Trinajstić information content (AvgIpc) is 1.74. The third-order valence-electron chi connectivity index (χ3n) is 24.8. The van der Waals surface area contributed by atoms with Crippen LogP contribution in [0.1, 0.15) is 51.1 Å². The number of hydrogen-bond acceptors (Lipinski definition) is 29. The minimum absolute atomic E-state index is 0.210. The van der Waals surface area contributed by atoms with Crippen molar-refractivity contribution in [1.82, 2.24) is 44.2 Å². The SMILES string of the molecule is CN(CCN(C)Cc1ccc2c(c1)OCO2)Cc1ccc2c(c1)OCO2.Cc1nc(-c2ccc3c(c2)OCO3)cc(-c2ccc3c(c2)OCO3)c1C#N.Cn1nc(-c2ccc3c(c2)OCO3)cc1-c1ccc2c(c1)OCO2.c1cc2c(cc1CN1CC3CC1CN3Cc1ccc3c(c1)OCO3)OCO2.c1cc2c(cc1CN1CCN(Cc3ccc4c(c3)OCO4)CC1)OCO2. The molecule has 2 atom stereocenters. The van der Waals surface area contributed by atoms with Gasteiger partial charge in [0.15, 0.2) is 115 Å². The van der Waals surface area contributed by atoms with E-state index in [1.807, 2.05) is 134 Å². The Labute approximate surface area is 751 Å². The molecule has 0 saturated carbocycles. The summed E-state index contributed by atoms with van der Waals surface area (Å²) in [5.41, 5.74) is 16.1. The predicted molar refractivity (Wildman–Crippen MR) is 475 cm³/mol. The van der Waals surface area contributed by atoms with E-state index < -0.39 is 0 Å². The molecule has 2 aromatic heterocycles. The second-order valence-corrected chi connectivity index (χ2v) is 33.5. The van der Waals surface area contributed by atoms with Crippen molar-refractivity contribution < 1.29 is 94.7 Å². The fourth-order valence-corrected chi connectivity index (χ4v) is 18.0. The molecule has 10 aromatic carbocycles. The van der Waals surface area contributed by atoms with E-state index >= 15 is 0 Å². The van der Waals surface area contributed by atoms with E-state index in [1.54, 1.807) is 0 Å². The van der Waals surface area contributed by atoms with Gasteiger partial charge in [-0.1, -0.05) is 42.5 Å². The normalized spacial score (nSPS) is 17.4. The summed E-state index contributed by atoms with van der Waals surface area (Å²) in [5.74, 6) is 16.1. The van der Waals surface area contributed by atoms with E-state index in [2.05, 4.69) is 139 Å². The Balaban J connectivity index is 0.0000000984. The highest BCUT2D eigenvalue weighted by atomic mass is 16.7. The van der Waals surface area contributed by atoms with Crippen LogP contribution in [-0.4, -0.2) is 191 Å². The number of ether oxygens (including phenoxy) is 20. The highest BCUT2D eigenvalue weighted by Gasteiger charge is 2.43. The van der Waals surface area contributed by atoms with Gasteiger partial charge in [0, 0.05) is 133 Å². The van der Waals surface area contributed by atoms with Gasteiger partial charge in [0.05, 0.1) is 28.3 Å². The quantitative estimate of drug-likeness (QED) is 0.0728. The number of aryl methyl sites for hydroxylation is 2. The lowest BCUT2D eigenvalue weighted by Gasteiger charge is -2.34. The molecule has 0 radical (unpaired) electrons. The average molecular weight is 1760 g/mol. The van der Waals surface area contributed by atoms with Crippen LogP contribution >= 0.6 is 0 Å². The Bertz CT molecular complexity index is 6050. The fourth-order valence-electron chi connectivity index (χ4n) is 18.0. The first-order valence-corrected chi connectivity index (χ1v) is 43.5. The van der Waals surface area contributed by atoms with Crippen LogP contribution in [0.15, 0.2) is 194 Å². The van der Waals surface area contributed by atoms with Crippen molar-refractivity contribution in [2.75, 3.05) is 134 Å². The molecule has 30 heteroatoms. The number of pyridine rings is 1. The van der Waals surface area contributed by atoms with Gasteiger partial charge >= 0.3 is 0 Å². The van der Waals surface area contributed by atoms with Gasteiger partial charge in [-0.05, 0) is 218 Å². The van der Waals surface area contributed by atoms with E-state index in [-0.39, 0.29) is 27.2 Å². The smallest absolute Gasteiger partial charge is 0.231 e. The number of hydrogen-bond donors (Lipinski definition) is 0. The minimum atomic E-state index is 0.210. The lowest BCUT2D eigenvalue weighted by molar-refractivity contribution is 0.118. The van der Waals surface area contributed by atoms with Gasteiger partial charge in [-0.2, -0.15) is 10.4 Å². The van der Waals surface area contributed by atoms with Crippen molar-refractivity contribution in [3.05, 3.63) is 239 Å². The Hall–Kier alpha value is -14.2. The zero-order chi connectivity index (χ0) is 87.5. The number of likely N-dealkylation sites (N-methyl/N-ethyl adjacent to an activating group) is 2. The molecule has 25 rings (SSSR count). The molecule has 12 aromatic rings. The van der Waals surface area contributed by atoms with E-state index in [4.69, 9.17) is 94.7 Å². The molecule has 0 spiro atoms. The topological polar surface area (TPSA) is 259 Å². The Morgan fingerprint density at radius 1 is 0.323 bits per heavy atom. The zero-order valence-electron chi connectivity index (χ0n) is 72.4. The van der Waals surface area contributed by atoms with Crippen LogP contribution in [0.5, 0.6) is 115 Å². The van der Waals surface area contributed by atoms with Crippen molar-refractivity contribution in [2.24, 2.45) is 7.05 Å². The second kappa shape index (κ2) is 36.9. The number of nitrogens with zero attached hydrogens (tertiary/aromatic N) is 10. The van der Waals surface area contributed by atoms with Crippen molar-refractivity contribution in [2.45, 2.75) is 64.7 Å². The molecular formula is C100H96N10O20. The van der Waals surface area contributed by atoms with E-state index in [0.717, 1.165) is 234 Å². The molecule has 666 valence electrons. The van der Waals surface area contributed by atoms with Crippen molar-refractivity contribution in [1.29, 1.82) is 5.26 Å². The first-order valence-electron chi connectivity index (χ1n) is 43.5. The number of fused-ring (bicyclic) bond motifs is 12. The highest BCUT2D eigenvalue weighted by Crippen LogP contribution is 2.46. The summed E-state index contributed by atoms with van der Waals surface area (Å²) >= 11 is 0. The van der Waals surface area contributed by atoms with Crippen LogP contribution in [0.4, 0.5) is 0 Å². The Kier molecular flexibility index (Phi) is 23.5. The molecule has 13 aliphatic rings. The lowest BCUT2D eigenvalue weighted by atomic mass is 9.96. The van der Waals surface area contributed by atoms with Crippen LogP contribution in [-0.2, 0) is 46.3 Å². The molecule has 3 saturated heterocycles. The summed E-state index contributed by atoms with van der Waals surface area (Å²) in [7, 11) is 6.20. The minimum Gasteiger partial charge on any atom is -0.454 e. The molecule has 3 fully saturated rings. The van der Waals surface area contributed by atoms with E-state index in [1.165, 1.54) is 39.8 Å². The first-order chi connectivity index (χ1) is 63.8. The van der Waals surface area contributed by atoms with Gasteiger partial charge in [0.1, 0.15) is 6.07 Å². The molecule has 0 amide bonds. The van der Waals surface area contributed by atoms with Gasteiger partial charge in [-0.15, -0.1) is 0 Å². The molecule has 13 aliphatic heterocycles. The summed E-state index contributed by atoms with van der Waals surface area (Å²) in [6.07, 6.45) is 1.26. The first kappa shape index (κ1) is 82.8. The molecule has 30 nitrogen and oxygen atoms in total. The maximum Gasteiger partial charge on any atom is 0.231 e. The fraction of sp³-hybridized carbons (Fsp3) is 0.310. The Morgan fingerprint density at radius 2 is 0.608 bits per heavy atom. The summed E-state index contributed by atoms with van der Waals surface area (Å²) in [6.45, 7) is 18.9. The zero-order valence-corrected chi connectivity index (χ0v) is 72.4. The van der Waals surface area contributed by atoms with Crippen LogP contribution in [0, 0.1) is 18.3 Å². The number of aromatic nitrogens is 3. The molecule has 0 N–H and O–H groups in total. The third-order valence-corrected chi connectivity index (χ3v) is 24.8. The molecule has 130 heavy (non-hydrogen) atoms. The summed E-state index contributed by atoms with van der Waals surface area (Å²) in [6, 6.07) is 68.0. The molecule has 2 unspecified atom stereocenters. The van der Waals surface area contributed by atoms with Gasteiger partial charge in [-0.25, -0.2) is 0 Å². The standard InChI is InChI=1S/C21H22N2O4.C21H14N2O4.C20H22N2O4.C20H24N2O4.C18H14N2O4/c1-3-18-20(26-12-24-18)5-14(1)8-22-10-17-7-16(22)11-23(17)9-15-2-4-19-21(6-15)27-13-25-19;1-12-16(9-22)15(13-2-4-18-20(6-13)26-10-24-18)8-17(23-12)14-3-5-19-21(7-14)27-11-25-19;1-3-17-19(25-13-23-17)9-15(1)11-21-5-7-22(8-6-21)12-16-2-4-18-20(10-16)26-14-24-18;1-21(11-15-3-5-17-19(9-15)25-13-23-17)7-8-22(2)12-16-4-6-18-20(10-16)26-14-24-18;1-20-14(12-3-5-16-18(7-12)24-10-22-16)8-13(19-20)11-2-4-15-17(6-11)23-9-21-15/h1-6,16-17H,7-13H2;2-8H,10-11H2,1H3;1-4,9-10H,5-8,11-14H2;3-6,9-10H,7-8,11-14H2,1-2H3;2-8H,9-10H2,1H3. The third kappa shape index (κ3) is 18.4. The van der Waals surface area contributed by atoms with Crippen LogP contribution in [0.25, 0.3) is 44.9 Å². The maximum absolute atomic E-state index is 9.66. The van der Waals surface area contributed by atoms with Crippen molar-refractivity contribution in [3.63, 3.8) is 0 Å². The molecule has 15 heterocycles. The molecule has 2 bridgehead atoms. The summed E-state index contributed by atoms with van der Waals surface area (Å²) in [5, 5.41) is 14.3. The van der Waals surface area contributed by atoms with Crippen LogP contribution in [0.2, 0.25) is 0 Å². The number of likely N-dealkylation sites (tertiary alicyclic amines) is 2. The van der Waals surface area contributed by atoms with Gasteiger partial charge in [0.2, 0.25) is 67.9 Å². The molecule has 0 aliphatic carbocycles.